The van der Waals surface area contributed by atoms with Crippen LogP contribution in [0.25, 0.3) is 0 Å². The smallest absolute Gasteiger partial charge is 0.384 e. The van der Waals surface area contributed by atoms with Gasteiger partial charge in [0.05, 0.1) is 5.56 Å². The van der Waals surface area contributed by atoms with Crippen LogP contribution in [0.5, 0.6) is 0 Å². The van der Waals surface area contributed by atoms with Gasteiger partial charge in [0.25, 0.3) is 0 Å². The van der Waals surface area contributed by atoms with Gasteiger partial charge in [-0.1, -0.05) is 18.2 Å². The second-order valence-corrected chi connectivity index (χ2v) is 4.68. The van der Waals surface area contributed by atoms with Crippen molar-refractivity contribution in [2.45, 2.75) is 19.0 Å². The Kier molecular flexibility index (Phi) is 4.26. The van der Waals surface area contributed by atoms with Gasteiger partial charge in [0.1, 0.15) is 11.6 Å². The van der Waals surface area contributed by atoms with Gasteiger partial charge in [-0.2, -0.15) is 13.2 Å². The molecule has 0 aliphatic carbocycles. The number of rotatable bonds is 4. The molecule has 21 heavy (non-hydrogen) atoms. The minimum Gasteiger partial charge on any atom is -0.384 e. The molecule has 2 N–H and O–H groups in total. The fraction of sp³-hybridized carbons (Fsp3) is 0.200. The normalized spacial score (nSPS) is 11.4. The van der Waals surface area contributed by atoms with Gasteiger partial charge < -0.3 is 5.73 Å². The molecule has 110 valence electrons. The van der Waals surface area contributed by atoms with Crippen molar-refractivity contribution < 1.29 is 18.0 Å². The predicted molar refractivity (Wildman–Crippen MR) is 72.5 cm³/mol. The Balaban J connectivity index is 2.06. The van der Waals surface area contributed by atoms with E-state index in [2.05, 4.69) is 4.98 Å². The highest BCUT2D eigenvalue weighted by Gasteiger charge is 2.30. The summed E-state index contributed by atoms with van der Waals surface area (Å²) in [6.45, 7) is 0. The van der Waals surface area contributed by atoms with Gasteiger partial charge in [-0.25, -0.2) is 4.98 Å². The largest absolute Gasteiger partial charge is 0.416 e. The number of Topliss-reactive ketones (excluding diaryl/α,β-unsaturated/α-hetero) is 1. The number of nitrogen functional groups attached to an aromatic ring is 1. The number of carbonyl (C=O) groups is 1. The molecule has 3 nitrogen and oxygen atoms in total. The zero-order valence-electron chi connectivity index (χ0n) is 11.0. The predicted octanol–water partition coefficient (Wildman–Crippen LogP) is 3.04. The van der Waals surface area contributed by atoms with E-state index in [1.165, 1.54) is 18.3 Å². The lowest BCUT2D eigenvalue weighted by Gasteiger charge is -2.08. The van der Waals surface area contributed by atoms with Crippen molar-refractivity contribution in [3.8, 4) is 0 Å². The third-order valence-corrected chi connectivity index (χ3v) is 2.90. The number of anilines is 1. The average molecular weight is 294 g/mol. The van der Waals surface area contributed by atoms with Gasteiger partial charge in [0.15, 0.2) is 0 Å². The summed E-state index contributed by atoms with van der Waals surface area (Å²) in [5.74, 6) is 0.124. The standard InChI is InChI=1S/C15H13F3N2O/c16-15(17,18)12-3-1-2-10(6-12)7-13(21)8-11-4-5-20-14(19)9-11/h1-6,9H,7-8H2,(H2,19,20). The SMILES string of the molecule is Nc1cc(CC(=O)Cc2cccc(C(F)(F)F)c2)ccn1. The Bertz CT molecular complexity index is 653. The topological polar surface area (TPSA) is 56.0 Å². The lowest BCUT2D eigenvalue weighted by molar-refractivity contribution is -0.137. The minimum absolute atomic E-state index is 0.0495. The first-order valence-corrected chi connectivity index (χ1v) is 6.23. The van der Waals surface area contributed by atoms with Crippen molar-refractivity contribution in [3.05, 3.63) is 59.3 Å². The molecule has 0 aliphatic rings. The number of ketones is 1. The van der Waals surface area contributed by atoms with E-state index in [4.69, 9.17) is 5.73 Å². The Morgan fingerprint density at radius 3 is 2.38 bits per heavy atom. The van der Waals surface area contributed by atoms with Crippen LogP contribution < -0.4 is 5.73 Å². The lowest BCUT2D eigenvalue weighted by atomic mass is 10.0. The molecule has 0 aliphatic heterocycles. The summed E-state index contributed by atoms with van der Waals surface area (Å²) in [5.41, 5.74) is 5.80. The molecular formula is C15H13F3N2O. The minimum atomic E-state index is -4.40. The molecule has 0 saturated carbocycles. The molecule has 0 bridgehead atoms. The van der Waals surface area contributed by atoms with Crippen LogP contribution in [0.2, 0.25) is 0 Å². The first kappa shape index (κ1) is 15.0. The molecule has 0 radical (unpaired) electrons. The van der Waals surface area contributed by atoms with Crippen LogP contribution in [0, 0.1) is 0 Å². The van der Waals surface area contributed by atoms with Gasteiger partial charge >= 0.3 is 6.18 Å². The summed E-state index contributed by atoms with van der Waals surface area (Å²) < 4.78 is 37.8. The number of hydrogen-bond donors (Lipinski definition) is 1. The molecule has 1 aromatic heterocycles. The van der Waals surface area contributed by atoms with Crippen molar-refractivity contribution in [2.24, 2.45) is 0 Å². The van der Waals surface area contributed by atoms with E-state index in [9.17, 15) is 18.0 Å². The Hall–Kier alpha value is -2.37. The van der Waals surface area contributed by atoms with Crippen molar-refractivity contribution in [1.82, 2.24) is 4.98 Å². The summed E-state index contributed by atoms with van der Waals surface area (Å²) in [5, 5.41) is 0. The number of nitrogens with two attached hydrogens (primary N) is 1. The van der Waals surface area contributed by atoms with Crippen LogP contribution in [-0.2, 0) is 23.8 Å². The molecule has 1 heterocycles. The first-order valence-electron chi connectivity index (χ1n) is 6.23. The number of halogens is 3. The van der Waals surface area contributed by atoms with Crippen LogP contribution in [0.3, 0.4) is 0 Å². The van der Waals surface area contributed by atoms with Crippen LogP contribution in [-0.4, -0.2) is 10.8 Å². The van der Waals surface area contributed by atoms with Crippen LogP contribution in [0.15, 0.2) is 42.6 Å². The fourth-order valence-corrected chi connectivity index (χ4v) is 1.98. The monoisotopic (exact) mass is 294 g/mol. The van der Waals surface area contributed by atoms with Crippen molar-refractivity contribution in [2.75, 3.05) is 5.73 Å². The summed E-state index contributed by atoms with van der Waals surface area (Å²) in [7, 11) is 0. The average Bonchev–Trinajstić information content (AvgIpc) is 2.37. The van der Waals surface area contributed by atoms with Gasteiger partial charge in [0, 0.05) is 19.0 Å². The van der Waals surface area contributed by atoms with E-state index in [0.717, 1.165) is 12.1 Å². The van der Waals surface area contributed by atoms with Crippen LogP contribution >= 0.6 is 0 Å². The van der Waals surface area contributed by atoms with E-state index < -0.39 is 11.7 Å². The molecule has 2 aromatic rings. The maximum Gasteiger partial charge on any atom is 0.416 e. The second-order valence-electron chi connectivity index (χ2n) is 4.68. The Morgan fingerprint density at radius 2 is 1.76 bits per heavy atom. The third kappa shape index (κ3) is 4.30. The summed E-state index contributed by atoms with van der Waals surface area (Å²) in [6, 6.07) is 8.02. The van der Waals surface area contributed by atoms with E-state index >= 15 is 0 Å². The highest BCUT2D eigenvalue weighted by atomic mass is 19.4. The summed E-state index contributed by atoms with van der Waals surface area (Å²) >= 11 is 0. The van der Waals surface area contributed by atoms with Gasteiger partial charge in [-0.3, -0.25) is 4.79 Å². The van der Waals surface area contributed by atoms with E-state index in [0.29, 0.717) is 16.9 Å². The van der Waals surface area contributed by atoms with Crippen molar-refractivity contribution in [1.29, 1.82) is 0 Å². The first-order chi connectivity index (χ1) is 9.84. The quantitative estimate of drug-likeness (QED) is 0.943. The Labute approximate surface area is 119 Å². The maximum absolute atomic E-state index is 12.6. The number of nitrogens with zero attached hydrogens (tertiary/aromatic N) is 1. The van der Waals surface area contributed by atoms with Crippen molar-refractivity contribution >= 4 is 11.6 Å². The molecule has 6 heteroatoms. The molecule has 0 saturated heterocycles. The number of aromatic nitrogens is 1. The molecule has 0 amide bonds. The number of alkyl halides is 3. The van der Waals surface area contributed by atoms with Gasteiger partial charge in [0.2, 0.25) is 0 Å². The second kappa shape index (κ2) is 5.95. The fourth-order valence-electron chi connectivity index (χ4n) is 1.98. The number of hydrogen-bond acceptors (Lipinski definition) is 3. The zero-order valence-corrected chi connectivity index (χ0v) is 11.0. The molecule has 1 aromatic carbocycles. The highest BCUT2D eigenvalue weighted by molar-refractivity contribution is 5.83. The van der Waals surface area contributed by atoms with E-state index in [1.54, 1.807) is 12.1 Å². The molecule has 2 rings (SSSR count). The van der Waals surface area contributed by atoms with Gasteiger partial charge in [-0.15, -0.1) is 0 Å². The lowest BCUT2D eigenvalue weighted by Crippen LogP contribution is -2.09. The zero-order chi connectivity index (χ0) is 15.5. The molecular weight excluding hydrogens is 281 g/mol. The third-order valence-electron chi connectivity index (χ3n) is 2.90. The number of pyridine rings is 1. The number of benzene rings is 1. The Morgan fingerprint density at radius 1 is 1.10 bits per heavy atom. The molecule has 0 unspecified atom stereocenters. The molecule has 0 atom stereocenters. The van der Waals surface area contributed by atoms with Crippen LogP contribution in [0.4, 0.5) is 19.0 Å². The number of carbonyl (C=O) groups excluding carboxylic acids is 1. The highest BCUT2D eigenvalue weighted by Crippen LogP contribution is 2.29. The van der Waals surface area contributed by atoms with Crippen LogP contribution in [0.1, 0.15) is 16.7 Å². The van der Waals surface area contributed by atoms with E-state index in [-0.39, 0.29) is 18.6 Å². The van der Waals surface area contributed by atoms with E-state index in [1.807, 2.05) is 0 Å². The molecule has 0 fully saturated rings. The summed E-state index contributed by atoms with van der Waals surface area (Å²) in [4.78, 5) is 15.7. The van der Waals surface area contributed by atoms with Gasteiger partial charge in [-0.05, 0) is 29.3 Å². The molecule has 0 spiro atoms. The summed E-state index contributed by atoms with van der Waals surface area (Å²) in [6.07, 6.45) is -2.85. The maximum atomic E-state index is 12.6. The van der Waals surface area contributed by atoms with Crippen molar-refractivity contribution in [3.63, 3.8) is 0 Å².